The van der Waals surface area contributed by atoms with Gasteiger partial charge in [-0.2, -0.15) is 0 Å². The van der Waals surface area contributed by atoms with Crippen molar-refractivity contribution in [3.8, 4) is 0 Å². The summed E-state index contributed by atoms with van der Waals surface area (Å²) in [7, 11) is -0.884. The van der Waals surface area contributed by atoms with Crippen LogP contribution in [0.5, 0.6) is 0 Å². The molecule has 1 heterocycles. The third kappa shape index (κ3) is 2.79. The second kappa shape index (κ2) is 4.85. The van der Waals surface area contributed by atoms with E-state index in [0.29, 0.717) is 0 Å². The standard InChI is InChI=1S/C7H15FOSi/c8-4-3-7-10-6-2-1-5-9-10/h10H,1-7H2. The summed E-state index contributed by atoms with van der Waals surface area (Å²) in [5, 5.41) is 0. The van der Waals surface area contributed by atoms with Crippen LogP contribution in [0.3, 0.4) is 0 Å². The van der Waals surface area contributed by atoms with E-state index in [2.05, 4.69) is 0 Å². The minimum absolute atomic E-state index is 0.160. The molecule has 0 aromatic carbocycles. The van der Waals surface area contributed by atoms with Crippen molar-refractivity contribution in [1.29, 1.82) is 0 Å². The summed E-state index contributed by atoms with van der Waals surface area (Å²) >= 11 is 0. The SMILES string of the molecule is FCCC[SiH]1CCCCO1. The quantitative estimate of drug-likeness (QED) is 0.576. The highest BCUT2D eigenvalue weighted by Crippen LogP contribution is 2.15. The number of alkyl halides is 1. The smallest absolute Gasteiger partial charge is 0.177 e. The number of hydrogen-bond acceptors (Lipinski definition) is 1. The van der Waals surface area contributed by atoms with Crippen molar-refractivity contribution in [2.45, 2.75) is 31.4 Å². The van der Waals surface area contributed by atoms with E-state index in [1.807, 2.05) is 0 Å². The fourth-order valence-electron chi connectivity index (χ4n) is 1.34. The minimum atomic E-state index is -0.884. The maximum absolute atomic E-state index is 11.7. The van der Waals surface area contributed by atoms with E-state index >= 15 is 0 Å². The first-order chi connectivity index (χ1) is 4.93. The summed E-state index contributed by atoms with van der Waals surface area (Å²) in [6.07, 6.45) is 3.28. The van der Waals surface area contributed by atoms with E-state index in [1.54, 1.807) is 0 Å². The van der Waals surface area contributed by atoms with Gasteiger partial charge in [0.1, 0.15) is 0 Å². The van der Waals surface area contributed by atoms with Gasteiger partial charge in [-0.3, -0.25) is 4.39 Å². The maximum Gasteiger partial charge on any atom is 0.177 e. The van der Waals surface area contributed by atoms with E-state index < -0.39 is 9.04 Å². The second-order valence-electron chi connectivity index (χ2n) is 2.82. The molecule has 0 aromatic rings. The Labute approximate surface area is 63.3 Å². The van der Waals surface area contributed by atoms with Gasteiger partial charge in [0.05, 0.1) is 6.67 Å². The minimum Gasteiger partial charge on any atom is -0.420 e. The molecule has 1 aliphatic heterocycles. The second-order valence-corrected chi connectivity index (χ2v) is 5.55. The highest BCUT2D eigenvalue weighted by atomic mass is 28.3. The topological polar surface area (TPSA) is 9.23 Å². The molecule has 0 aliphatic carbocycles. The third-order valence-electron chi connectivity index (χ3n) is 1.93. The maximum atomic E-state index is 11.7. The monoisotopic (exact) mass is 162 g/mol. The molecule has 1 atom stereocenters. The average Bonchev–Trinajstić information content (AvgIpc) is 2.03. The van der Waals surface area contributed by atoms with Gasteiger partial charge in [0.25, 0.3) is 0 Å². The molecule has 1 fully saturated rings. The molecule has 1 unspecified atom stereocenters. The molecule has 0 saturated carbocycles. The molecule has 0 bridgehead atoms. The van der Waals surface area contributed by atoms with Gasteiger partial charge in [-0.05, 0) is 24.9 Å². The number of rotatable bonds is 3. The van der Waals surface area contributed by atoms with Gasteiger partial charge in [-0.25, -0.2) is 0 Å². The molecule has 1 rings (SSSR count). The van der Waals surface area contributed by atoms with Crippen molar-refractivity contribution in [2.75, 3.05) is 13.3 Å². The van der Waals surface area contributed by atoms with Crippen molar-refractivity contribution >= 4 is 9.04 Å². The summed E-state index contributed by atoms with van der Waals surface area (Å²) in [5.74, 6) is 0. The van der Waals surface area contributed by atoms with E-state index in [4.69, 9.17) is 4.43 Å². The van der Waals surface area contributed by atoms with Crippen LogP contribution in [0.2, 0.25) is 12.1 Å². The van der Waals surface area contributed by atoms with Gasteiger partial charge in [-0.15, -0.1) is 0 Å². The number of halogens is 1. The largest absolute Gasteiger partial charge is 0.420 e. The molecular formula is C7H15FOSi. The fourth-order valence-corrected chi connectivity index (χ4v) is 3.82. The first-order valence-corrected chi connectivity index (χ1v) is 6.21. The van der Waals surface area contributed by atoms with Gasteiger partial charge >= 0.3 is 0 Å². The van der Waals surface area contributed by atoms with Gasteiger partial charge < -0.3 is 4.43 Å². The Bertz CT molecular complexity index is 83.7. The Morgan fingerprint density at radius 1 is 1.40 bits per heavy atom. The molecule has 1 saturated heterocycles. The molecule has 0 radical (unpaired) electrons. The molecule has 1 nitrogen and oxygen atoms in total. The Hall–Kier alpha value is 0.107. The van der Waals surface area contributed by atoms with Crippen LogP contribution in [0.15, 0.2) is 0 Å². The van der Waals surface area contributed by atoms with Crippen LogP contribution in [0.25, 0.3) is 0 Å². The van der Waals surface area contributed by atoms with E-state index in [1.165, 1.54) is 18.9 Å². The molecule has 10 heavy (non-hydrogen) atoms. The van der Waals surface area contributed by atoms with E-state index in [0.717, 1.165) is 19.1 Å². The zero-order valence-electron chi connectivity index (χ0n) is 6.31. The zero-order chi connectivity index (χ0) is 7.23. The first-order valence-electron chi connectivity index (χ1n) is 4.11. The molecule has 0 N–H and O–H groups in total. The average molecular weight is 162 g/mol. The lowest BCUT2D eigenvalue weighted by Crippen LogP contribution is -2.22. The van der Waals surface area contributed by atoms with Crippen molar-refractivity contribution in [3.05, 3.63) is 0 Å². The molecule has 3 heteroatoms. The van der Waals surface area contributed by atoms with Crippen LogP contribution in [-0.4, -0.2) is 22.3 Å². The van der Waals surface area contributed by atoms with Gasteiger partial charge in [-0.1, -0.05) is 6.42 Å². The van der Waals surface area contributed by atoms with Crippen molar-refractivity contribution in [1.82, 2.24) is 0 Å². The third-order valence-corrected chi connectivity index (χ3v) is 4.75. The van der Waals surface area contributed by atoms with Crippen LogP contribution in [0, 0.1) is 0 Å². The highest BCUT2D eigenvalue weighted by molar-refractivity contribution is 6.51. The first kappa shape index (κ1) is 8.21. The van der Waals surface area contributed by atoms with Crippen LogP contribution < -0.4 is 0 Å². The summed E-state index contributed by atoms with van der Waals surface area (Å²) in [6.45, 7) is 0.788. The molecular weight excluding hydrogens is 147 g/mol. The Balaban J connectivity index is 2.02. The van der Waals surface area contributed by atoms with Crippen LogP contribution in [-0.2, 0) is 4.43 Å². The summed E-state index contributed by atoms with van der Waals surface area (Å²) in [6, 6.07) is 2.33. The van der Waals surface area contributed by atoms with Crippen LogP contribution in [0.1, 0.15) is 19.3 Å². The summed E-state index contributed by atoms with van der Waals surface area (Å²) in [4.78, 5) is 0. The van der Waals surface area contributed by atoms with Crippen molar-refractivity contribution < 1.29 is 8.82 Å². The molecule has 0 spiro atoms. The molecule has 1 aliphatic rings. The van der Waals surface area contributed by atoms with Gasteiger partial charge in [0.15, 0.2) is 9.04 Å². The number of hydrogen-bond donors (Lipinski definition) is 0. The lowest BCUT2D eigenvalue weighted by atomic mass is 10.4. The van der Waals surface area contributed by atoms with E-state index in [-0.39, 0.29) is 6.67 Å². The predicted octanol–water partition coefficient (Wildman–Crippen LogP) is 1.88. The summed E-state index contributed by atoms with van der Waals surface area (Å²) in [5.41, 5.74) is 0. The fraction of sp³-hybridized carbons (Fsp3) is 1.00. The van der Waals surface area contributed by atoms with Crippen molar-refractivity contribution in [2.24, 2.45) is 0 Å². The van der Waals surface area contributed by atoms with Crippen LogP contribution >= 0.6 is 0 Å². The lowest BCUT2D eigenvalue weighted by Gasteiger charge is -2.20. The normalized spacial score (nSPS) is 26.7. The lowest BCUT2D eigenvalue weighted by molar-refractivity contribution is 0.284. The summed E-state index contributed by atoms with van der Waals surface area (Å²) < 4.78 is 17.3. The van der Waals surface area contributed by atoms with E-state index in [9.17, 15) is 4.39 Å². The molecule has 60 valence electrons. The van der Waals surface area contributed by atoms with Crippen molar-refractivity contribution in [3.63, 3.8) is 0 Å². The molecule has 0 aromatic heterocycles. The van der Waals surface area contributed by atoms with Crippen LogP contribution in [0.4, 0.5) is 4.39 Å². The molecule has 0 amide bonds. The highest BCUT2D eigenvalue weighted by Gasteiger charge is 2.14. The Morgan fingerprint density at radius 2 is 2.30 bits per heavy atom. The van der Waals surface area contributed by atoms with Gasteiger partial charge in [0, 0.05) is 6.61 Å². The van der Waals surface area contributed by atoms with Gasteiger partial charge in [0.2, 0.25) is 0 Å². The zero-order valence-corrected chi connectivity index (χ0v) is 7.47. The predicted molar refractivity (Wildman–Crippen MR) is 42.5 cm³/mol. The Morgan fingerprint density at radius 3 is 2.90 bits per heavy atom. The Kier molecular flexibility index (Phi) is 3.98.